The largest absolute Gasteiger partial charge is 0.497 e. The van der Waals surface area contributed by atoms with Crippen LogP contribution in [0.4, 0.5) is 10.5 Å². The van der Waals surface area contributed by atoms with Crippen LogP contribution in [-0.2, 0) is 0 Å². The lowest BCUT2D eigenvalue weighted by molar-refractivity contribution is 0.0460. The minimum atomic E-state index is -0.110. The van der Waals surface area contributed by atoms with E-state index >= 15 is 0 Å². The van der Waals surface area contributed by atoms with Crippen molar-refractivity contribution in [3.8, 4) is 5.75 Å². The lowest BCUT2D eigenvalue weighted by Gasteiger charge is -2.41. The zero-order chi connectivity index (χ0) is 19.0. The van der Waals surface area contributed by atoms with E-state index in [1.807, 2.05) is 54.3 Å². The SMILES string of the molecule is COc1cccc([C@@H]2CCN2C(=O)c2ccc(C)c(N3CCNC3=O)c2)c1. The van der Waals surface area contributed by atoms with Gasteiger partial charge in [-0.15, -0.1) is 0 Å². The van der Waals surface area contributed by atoms with Crippen LogP contribution in [0.15, 0.2) is 42.5 Å². The fourth-order valence-electron chi connectivity index (χ4n) is 3.73. The van der Waals surface area contributed by atoms with Crippen molar-refractivity contribution < 1.29 is 14.3 Å². The van der Waals surface area contributed by atoms with Crippen molar-refractivity contribution in [2.24, 2.45) is 0 Å². The van der Waals surface area contributed by atoms with Gasteiger partial charge in [-0.3, -0.25) is 9.69 Å². The third kappa shape index (κ3) is 3.12. The molecule has 4 rings (SSSR count). The van der Waals surface area contributed by atoms with Crippen molar-refractivity contribution in [3.63, 3.8) is 0 Å². The third-order valence-electron chi connectivity index (χ3n) is 5.36. The first kappa shape index (κ1) is 17.4. The van der Waals surface area contributed by atoms with Crippen LogP contribution < -0.4 is 15.0 Å². The Hall–Kier alpha value is -3.02. The van der Waals surface area contributed by atoms with E-state index in [0.29, 0.717) is 18.7 Å². The second kappa shape index (κ2) is 6.95. The number of anilines is 1. The second-order valence-corrected chi connectivity index (χ2v) is 6.96. The number of nitrogens with zero attached hydrogens (tertiary/aromatic N) is 2. The van der Waals surface area contributed by atoms with Crippen LogP contribution in [0.3, 0.4) is 0 Å². The molecule has 2 aliphatic heterocycles. The number of aryl methyl sites for hydroxylation is 1. The summed E-state index contributed by atoms with van der Waals surface area (Å²) in [6, 6.07) is 13.4. The lowest BCUT2D eigenvalue weighted by atomic mass is 9.93. The number of likely N-dealkylation sites (tertiary alicyclic amines) is 1. The lowest BCUT2D eigenvalue weighted by Crippen LogP contribution is -2.45. The van der Waals surface area contributed by atoms with E-state index in [2.05, 4.69) is 5.32 Å². The number of hydrogen-bond acceptors (Lipinski definition) is 3. The van der Waals surface area contributed by atoms with E-state index < -0.39 is 0 Å². The summed E-state index contributed by atoms with van der Waals surface area (Å²) in [6.45, 7) is 3.93. The average molecular weight is 365 g/mol. The molecule has 0 radical (unpaired) electrons. The molecule has 2 fully saturated rings. The number of urea groups is 1. The maximum atomic E-state index is 13.1. The zero-order valence-electron chi connectivity index (χ0n) is 15.6. The minimum Gasteiger partial charge on any atom is -0.497 e. The molecule has 6 nitrogen and oxygen atoms in total. The van der Waals surface area contributed by atoms with Gasteiger partial charge in [0.15, 0.2) is 0 Å². The Bertz CT molecular complexity index is 896. The van der Waals surface area contributed by atoms with Gasteiger partial charge in [0.2, 0.25) is 0 Å². The molecule has 1 atom stereocenters. The molecule has 6 heteroatoms. The van der Waals surface area contributed by atoms with Crippen molar-refractivity contribution in [2.75, 3.05) is 31.6 Å². The topological polar surface area (TPSA) is 61.9 Å². The van der Waals surface area contributed by atoms with Gasteiger partial charge in [0, 0.05) is 30.9 Å². The molecule has 0 aromatic heterocycles. The van der Waals surface area contributed by atoms with Crippen molar-refractivity contribution in [2.45, 2.75) is 19.4 Å². The predicted molar refractivity (Wildman–Crippen MR) is 103 cm³/mol. The van der Waals surface area contributed by atoms with Crippen LogP contribution in [-0.4, -0.2) is 43.6 Å². The standard InChI is InChI=1S/C21H23N3O3/c1-14-6-7-16(13-19(14)24-11-9-22-21(24)26)20(25)23-10-8-18(23)15-4-3-5-17(12-15)27-2/h3-7,12-13,18H,8-11H2,1-2H3,(H,22,26)/t18-/m0/s1. The molecule has 0 unspecified atom stereocenters. The van der Waals surface area contributed by atoms with Gasteiger partial charge >= 0.3 is 6.03 Å². The number of benzene rings is 2. The van der Waals surface area contributed by atoms with Crippen LogP contribution in [0, 0.1) is 6.92 Å². The Balaban J connectivity index is 1.58. The molecule has 2 aliphatic rings. The van der Waals surface area contributed by atoms with Gasteiger partial charge in [0.25, 0.3) is 5.91 Å². The molecule has 0 aliphatic carbocycles. The Morgan fingerprint density at radius 1 is 1.19 bits per heavy atom. The summed E-state index contributed by atoms with van der Waals surface area (Å²) >= 11 is 0. The highest BCUT2D eigenvalue weighted by Gasteiger charge is 2.34. The molecular weight excluding hydrogens is 342 g/mol. The second-order valence-electron chi connectivity index (χ2n) is 6.96. The quantitative estimate of drug-likeness (QED) is 0.906. The molecule has 0 saturated carbocycles. The Kier molecular flexibility index (Phi) is 4.48. The first-order valence-corrected chi connectivity index (χ1v) is 9.19. The van der Waals surface area contributed by atoms with Gasteiger partial charge in [-0.25, -0.2) is 4.79 Å². The van der Waals surface area contributed by atoms with Gasteiger partial charge in [0.1, 0.15) is 5.75 Å². The maximum Gasteiger partial charge on any atom is 0.322 e. The monoisotopic (exact) mass is 365 g/mol. The van der Waals surface area contributed by atoms with Crippen molar-refractivity contribution in [1.82, 2.24) is 10.2 Å². The Morgan fingerprint density at radius 2 is 2.04 bits per heavy atom. The van der Waals surface area contributed by atoms with Crippen molar-refractivity contribution in [1.29, 1.82) is 0 Å². The van der Waals surface area contributed by atoms with Crippen LogP contribution in [0.5, 0.6) is 5.75 Å². The van der Waals surface area contributed by atoms with Crippen molar-refractivity contribution >= 4 is 17.6 Å². The third-order valence-corrected chi connectivity index (χ3v) is 5.36. The summed E-state index contributed by atoms with van der Waals surface area (Å²) < 4.78 is 5.30. The number of hydrogen-bond donors (Lipinski definition) is 1. The van der Waals surface area contributed by atoms with Crippen LogP contribution in [0.2, 0.25) is 0 Å². The first-order valence-electron chi connectivity index (χ1n) is 9.19. The van der Waals surface area contributed by atoms with Gasteiger partial charge in [-0.2, -0.15) is 0 Å². The highest BCUT2D eigenvalue weighted by Crippen LogP contribution is 2.36. The number of ether oxygens (including phenoxy) is 1. The molecular formula is C21H23N3O3. The molecule has 0 bridgehead atoms. The summed E-state index contributed by atoms with van der Waals surface area (Å²) in [7, 11) is 1.64. The molecule has 0 spiro atoms. The summed E-state index contributed by atoms with van der Waals surface area (Å²) in [6.07, 6.45) is 0.937. The number of amides is 3. The van der Waals surface area contributed by atoms with E-state index in [0.717, 1.165) is 35.5 Å². The van der Waals surface area contributed by atoms with E-state index in [4.69, 9.17) is 4.74 Å². The number of nitrogens with one attached hydrogen (secondary N) is 1. The van der Waals surface area contributed by atoms with Gasteiger partial charge in [-0.05, 0) is 48.7 Å². The fourth-order valence-corrected chi connectivity index (χ4v) is 3.73. The van der Waals surface area contributed by atoms with E-state index in [-0.39, 0.29) is 18.0 Å². The number of rotatable bonds is 4. The number of carbonyl (C=O) groups is 2. The Labute approximate surface area is 158 Å². The molecule has 2 aromatic rings. The molecule has 3 amide bonds. The summed E-state index contributed by atoms with van der Waals surface area (Å²) in [5.74, 6) is 0.791. The van der Waals surface area contributed by atoms with E-state index in [9.17, 15) is 9.59 Å². The zero-order valence-corrected chi connectivity index (χ0v) is 15.6. The maximum absolute atomic E-state index is 13.1. The summed E-state index contributed by atoms with van der Waals surface area (Å²) in [4.78, 5) is 28.7. The van der Waals surface area contributed by atoms with Crippen LogP contribution >= 0.6 is 0 Å². The summed E-state index contributed by atoms with van der Waals surface area (Å²) in [5.41, 5.74) is 3.48. The fraction of sp³-hybridized carbons (Fsp3) is 0.333. The van der Waals surface area contributed by atoms with Gasteiger partial charge in [-0.1, -0.05) is 18.2 Å². The predicted octanol–water partition coefficient (Wildman–Crippen LogP) is 3.12. The highest BCUT2D eigenvalue weighted by atomic mass is 16.5. The van der Waals surface area contributed by atoms with Crippen LogP contribution in [0.1, 0.15) is 33.9 Å². The number of carbonyl (C=O) groups excluding carboxylic acids is 2. The Morgan fingerprint density at radius 3 is 2.70 bits per heavy atom. The average Bonchev–Trinajstić information content (AvgIpc) is 3.07. The molecule has 2 heterocycles. The van der Waals surface area contributed by atoms with E-state index in [1.165, 1.54) is 0 Å². The molecule has 27 heavy (non-hydrogen) atoms. The summed E-state index contributed by atoms with van der Waals surface area (Å²) in [5, 5.41) is 2.81. The molecule has 1 N–H and O–H groups in total. The van der Waals surface area contributed by atoms with Crippen molar-refractivity contribution in [3.05, 3.63) is 59.2 Å². The number of methoxy groups -OCH3 is 1. The van der Waals surface area contributed by atoms with Crippen LogP contribution in [0.25, 0.3) is 0 Å². The molecule has 2 aromatic carbocycles. The van der Waals surface area contributed by atoms with Gasteiger partial charge < -0.3 is 15.0 Å². The normalized spacial score (nSPS) is 18.9. The first-order chi connectivity index (χ1) is 13.1. The highest BCUT2D eigenvalue weighted by molar-refractivity contribution is 5.99. The van der Waals surface area contributed by atoms with Gasteiger partial charge in [0.05, 0.1) is 13.2 Å². The van der Waals surface area contributed by atoms with E-state index in [1.54, 1.807) is 12.0 Å². The molecule has 2 saturated heterocycles. The minimum absolute atomic E-state index is 0.00470. The molecule has 140 valence electrons. The smallest absolute Gasteiger partial charge is 0.322 e.